The summed E-state index contributed by atoms with van der Waals surface area (Å²) in [4.78, 5) is 29.0. The number of nitrogens with one attached hydrogen (secondary N) is 1. The number of fused-ring (bicyclic) bond motifs is 2. The average Bonchev–Trinajstić information content (AvgIpc) is 3.12. The van der Waals surface area contributed by atoms with E-state index in [0.29, 0.717) is 24.4 Å². The molecule has 0 aliphatic carbocycles. The Kier molecular flexibility index (Phi) is 5.28. The van der Waals surface area contributed by atoms with Crippen LogP contribution in [0.15, 0.2) is 42.5 Å². The van der Waals surface area contributed by atoms with E-state index in [4.69, 9.17) is 9.47 Å². The summed E-state index contributed by atoms with van der Waals surface area (Å²) in [6.45, 7) is 4.73. The van der Waals surface area contributed by atoms with Gasteiger partial charge in [0.15, 0.2) is 0 Å². The lowest BCUT2D eigenvalue weighted by molar-refractivity contribution is 0.0682. The molecule has 30 heavy (non-hydrogen) atoms. The van der Waals surface area contributed by atoms with E-state index in [9.17, 15) is 9.59 Å². The van der Waals surface area contributed by atoms with Crippen LogP contribution in [0.25, 0.3) is 11.1 Å². The van der Waals surface area contributed by atoms with Crippen molar-refractivity contribution in [2.24, 2.45) is 0 Å². The van der Waals surface area contributed by atoms with Crippen molar-refractivity contribution >= 4 is 11.9 Å². The maximum Gasteiger partial charge on any atom is 0.317 e. The van der Waals surface area contributed by atoms with E-state index in [1.807, 2.05) is 56.3 Å². The van der Waals surface area contributed by atoms with Gasteiger partial charge in [-0.1, -0.05) is 18.2 Å². The Hall–Kier alpha value is -3.22. The molecule has 0 radical (unpaired) electrons. The average molecular weight is 409 g/mol. The maximum absolute atomic E-state index is 13.1. The van der Waals surface area contributed by atoms with Crippen molar-refractivity contribution in [1.29, 1.82) is 0 Å². The van der Waals surface area contributed by atoms with Crippen LogP contribution in [0, 0.1) is 0 Å². The normalized spacial score (nSPS) is 20.4. The first kappa shape index (κ1) is 20.1. The zero-order valence-electron chi connectivity index (χ0n) is 17.7. The number of hydrogen-bond donors (Lipinski definition) is 1. The quantitative estimate of drug-likeness (QED) is 0.846. The molecule has 4 rings (SSSR count). The molecule has 0 spiro atoms. The van der Waals surface area contributed by atoms with Gasteiger partial charge in [-0.3, -0.25) is 4.79 Å². The molecule has 158 valence electrons. The summed E-state index contributed by atoms with van der Waals surface area (Å²) < 4.78 is 11.6. The monoisotopic (exact) mass is 409 g/mol. The number of likely N-dealkylation sites (tertiary alicyclic amines) is 1. The zero-order valence-corrected chi connectivity index (χ0v) is 17.7. The molecule has 0 saturated carbocycles. The summed E-state index contributed by atoms with van der Waals surface area (Å²) in [6.07, 6.45) is -0.279. The molecule has 7 nitrogen and oxygen atoms in total. The largest absolute Gasteiger partial charge is 0.497 e. The van der Waals surface area contributed by atoms with Crippen LogP contribution in [0.3, 0.4) is 0 Å². The molecule has 2 atom stereocenters. The van der Waals surface area contributed by atoms with Crippen molar-refractivity contribution in [2.45, 2.75) is 32.0 Å². The molecule has 2 aliphatic rings. The molecule has 0 aromatic heterocycles. The fourth-order valence-corrected chi connectivity index (χ4v) is 4.03. The lowest BCUT2D eigenvalue weighted by atomic mass is 10.0. The van der Waals surface area contributed by atoms with Crippen LogP contribution >= 0.6 is 0 Å². The number of urea groups is 1. The molecule has 2 aromatic carbocycles. The molecule has 2 aromatic rings. The van der Waals surface area contributed by atoms with Gasteiger partial charge in [0.25, 0.3) is 5.91 Å². The number of benzene rings is 2. The Morgan fingerprint density at radius 2 is 1.93 bits per heavy atom. The van der Waals surface area contributed by atoms with Crippen LogP contribution in [0.4, 0.5) is 4.79 Å². The molecular weight excluding hydrogens is 382 g/mol. The van der Waals surface area contributed by atoms with Gasteiger partial charge in [0.05, 0.1) is 25.3 Å². The third-order valence-electron chi connectivity index (χ3n) is 5.65. The van der Waals surface area contributed by atoms with Crippen molar-refractivity contribution < 1.29 is 19.1 Å². The van der Waals surface area contributed by atoms with E-state index in [1.54, 1.807) is 24.0 Å². The minimum absolute atomic E-state index is 0.0503. The lowest BCUT2D eigenvalue weighted by Crippen LogP contribution is -2.45. The summed E-state index contributed by atoms with van der Waals surface area (Å²) in [5.74, 6) is 1.22. The predicted octanol–water partition coefficient (Wildman–Crippen LogP) is 3.00. The van der Waals surface area contributed by atoms with E-state index >= 15 is 0 Å². The van der Waals surface area contributed by atoms with Gasteiger partial charge in [-0.25, -0.2) is 4.79 Å². The van der Waals surface area contributed by atoms with Crippen molar-refractivity contribution in [3.63, 3.8) is 0 Å². The van der Waals surface area contributed by atoms with Crippen LogP contribution in [0.5, 0.6) is 11.5 Å². The van der Waals surface area contributed by atoms with E-state index in [-0.39, 0.29) is 30.1 Å². The highest BCUT2D eigenvalue weighted by Gasteiger charge is 2.43. The number of hydrogen-bond acceptors (Lipinski definition) is 4. The highest BCUT2D eigenvalue weighted by atomic mass is 16.5. The lowest BCUT2D eigenvalue weighted by Gasteiger charge is -2.25. The number of amides is 3. The van der Waals surface area contributed by atoms with Gasteiger partial charge < -0.3 is 24.6 Å². The first-order valence-corrected chi connectivity index (χ1v) is 10.1. The first-order chi connectivity index (χ1) is 14.4. The van der Waals surface area contributed by atoms with Crippen LogP contribution in [-0.4, -0.2) is 67.2 Å². The molecule has 3 amide bonds. The number of rotatable bonds is 3. The van der Waals surface area contributed by atoms with Crippen LogP contribution in [-0.2, 0) is 0 Å². The number of carbonyl (C=O) groups is 2. The predicted molar refractivity (Wildman–Crippen MR) is 114 cm³/mol. The second-order valence-electron chi connectivity index (χ2n) is 8.09. The molecule has 0 unspecified atom stereocenters. The number of ether oxygens (including phenoxy) is 2. The summed E-state index contributed by atoms with van der Waals surface area (Å²) in [5, 5.41) is 2.91. The van der Waals surface area contributed by atoms with Crippen molar-refractivity contribution in [3.8, 4) is 22.6 Å². The Labute approximate surface area is 176 Å². The SMILES string of the molecule is COc1cccc(-c2ccc3c(c2)O[C@H]2CN(C(=O)NC(C)C)C[C@H]2N(C)C3=O)c1. The highest BCUT2D eigenvalue weighted by Crippen LogP contribution is 2.35. The number of methoxy groups -OCH3 is 1. The Morgan fingerprint density at radius 3 is 2.67 bits per heavy atom. The molecule has 2 aliphatic heterocycles. The Bertz CT molecular complexity index is 975. The van der Waals surface area contributed by atoms with E-state index < -0.39 is 0 Å². The second kappa shape index (κ2) is 7.89. The van der Waals surface area contributed by atoms with E-state index in [2.05, 4.69) is 5.32 Å². The summed E-state index contributed by atoms with van der Waals surface area (Å²) >= 11 is 0. The summed E-state index contributed by atoms with van der Waals surface area (Å²) in [5.41, 5.74) is 2.46. The highest BCUT2D eigenvalue weighted by molar-refractivity contribution is 5.98. The van der Waals surface area contributed by atoms with Crippen LogP contribution < -0.4 is 14.8 Å². The van der Waals surface area contributed by atoms with Crippen LogP contribution in [0.1, 0.15) is 24.2 Å². The second-order valence-corrected chi connectivity index (χ2v) is 8.09. The number of nitrogens with zero attached hydrogens (tertiary/aromatic N) is 2. The molecule has 1 saturated heterocycles. The molecule has 0 bridgehead atoms. The molecule has 2 heterocycles. The van der Waals surface area contributed by atoms with Gasteiger partial charge in [0.2, 0.25) is 0 Å². The van der Waals surface area contributed by atoms with Gasteiger partial charge in [-0.05, 0) is 49.2 Å². The third-order valence-corrected chi connectivity index (χ3v) is 5.65. The fraction of sp³-hybridized carbons (Fsp3) is 0.391. The summed E-state index contributed by atoms with van der Waals surface area (Å²) in [6, 6.07) is 13.1. The maximum atomic E-state index is 13.1. The number of carbonyl (C=O) groups excluding carboxylic acids is 2. The van der Waals surface area contributed by atoms with E-state index in [0.717, 1.165) is 16.9 Å². The summed E-state index contributed by atoms with van der Waals surface area (Å²) in [7, 11) is 3.41. The van der Waals surface area contributed by atoms with Gasteiger partial charge in [0.1, 0.15) is 17.6 Å². The molecule has 1 fully saturated rings. The van der Waals surface area contributed by atoms with Gasteiger partial charge in [0, 0.05) is 19.6 Å². The topological polar surface area (TPSA) is 71.1 Å². The molecule has 1 N–H and O–H groups in total. The smallest absolute Gasteiger partial charge is 0.317 e. The van der Waals surface area contributed by atoms with Gasteiger partial charge in [-0.15, -0.1) is 0 Å². The first-order valence-electron chi connectivity index (χ1n) is 10.1. The third kappa shape index (κ3) is 3.67. The standard InChI is InChI=1S/C23H27N3O4/c1-14(2)24-23(28)26-12-19-21(13-26)30-20-11-16(8-9-18(20)22(27)25(19)3)15-6-5-7-17(10-15)29-4/h5-11,14,19,21H,12-13H2,1-4H3,(H,24,28)/t19-,21+/m1/s1. The van der Waals surface area contributed by atoms with E-state index in [1.165, 1.54) is 0 Å². The van der Waals surface area contributed by atoms with Crippen molar-refractivity contribution in [3.05, 3.63) is 48.0 Å². The fourth-order valence-electron chi connectivity index (χ4n) is 4.03. The Balaban J connectivity index is 1.64. The number of likely N-dealkylation sites (N-methyl/N-ethyl adjacent to an activating group) is 1. The van der Waals surface area contributed by atoms with Gasteiger partial charge >= 0.3 is 6.03 Å². The molecular formula is C23H27N3O4. The van der Waals surface area contributed by atoms with Crippen LogP contribution in [0.2, 0.25) is 0 Å². The van der Waals surface area contributed by atoms with Crippen molar-refractivity contribution in [1.82, 2.24) is 15.1 Å². The van der Waals surface area contributed by atoms with Gasteiger partial charge in [-0.2, -0.15) is 0 Å². The Morgan fingerprint density at radius 1 is 1.17 bits per heavy atom. The minimum atomic E-state index is -0.279. The van der Waals surface area contributed by atoms with Crippen molar-refractivity contribution in [2.75, 3.05) is 27.2 Å². The zero-order chi connectivity index (χ0) is 21.4. The minimum Gasteiger partial charge on any atom is -0.497 e. The molecule has 7 heteroatoms.